The minimum atomic E-state index is 0.117. The normalized spacial score (nSPS) is 18.4. The molecule has 0 saturated carbocycles. The molecule has 0 aromatic heterocycles. The van der Waals surface area contributed by atoms with Crippen molar-refractivity contribution in [3.63, 3.8) is 0 Å². The van der Waals surface area contributed by atoms with E-state index in [9.17, 15) is 0 Å². The molecule has 0 N–H and O–H groups in total. The van der Waals surface area contributed by atoms with Crippen molar-refractivity contribution in [2.24, 2.45) is 10.4 Å². The van der Waals surface area contributed by atoms with Gasteiger partial charge in [-0.1, -0.05) is 26.0 Å². The van der Waals surface area contributed by atoms with Gasteiger partial charge in [0.05, 0.1) is 24.6 Å². The molecule has 0 bridgehead atoms. The summed E-state index contributed by atoms with van der Waals surface area (Å²) in [6.07, 6.45) is 1.14. The van der Waals surface area contributed by atoms with Crippen molar-refractivity contribution in [2.45, 2.75) is 20.3 Å². The van der Waals surface area contributed by atoms with Gasteiger partial charge in [0.25, 0.3) is 0 Å². The number of hydrogen-bond donors (Lipinski definition) is 0. The zero-order valence-electron chi connectivity index (χ0n) is 15.7. The van der Waals surface area contributed by atoms with Crippen LogP contribution in [-0.4, -0.2) is 64.9 Å². The van der Waals surface area contributed by atoms with E-state index in [1.165, 1.54) is 0 Å². The number of amidine groups is 1. The second kappa shape index (κ2) is 8.49. The highest BCUT2D eigenvalue weighted by molar-refractivity contribution is 5.92. The van der Waals surface area contributed by atoms with Gasteiger partial charge in [0.15, 0.2) is 0 Å². The first-order valence-electron chi connectivity index (χ1n) is 8.62. The summed E-state index contributed by atoms with van der Waals surface area (Å²) in [6.45, 7) is 8.60. The molecule has 5 nitrogen and oxygen atoms in total. The Labute approximate surface area is 146 Å². The predicted octanol–water partition coefficient (Wildman–Crippen LogP) is 3.18. The van der Waals surface area contributed by atoms with Crippen LogP contribution in [0.5, 0.6) is 0 Å². The van der Waals surface area contributed by atoms with Gasteiger partial charge in [-0.15, -0.1) is 0 Å². The Morgan fingerprint density at radius 3 is 2.29 bits per heavy atom. The van der Waals surface area contributed by atoms with Crippen molar-refractivity contribution in [3.8, 4) is 0 Å². The Balaban J connectivity index is 2.34. The quantitative estimate of drug-likeness (QED) is 0.732. The van der Waals surface area contributed by atoms with Gasteiger partial charge in [0.1, 0.15) is 5.84 Å². The lowest BCUT2D eigenvalue weighted by atomic mass is 9.91. The summed E-state index contributed by atoms with van der Waals surface area (Å²) in [6, 6.07) is 8.34. The van der Waals surface area contributed by atoms with Crippen molar-refractivity contribution in [1.82, 2.24) is 4.90 Å². The molecule has 5 heteroatoms. The molecule has 134 valence electrons. The first-order chi connectivity index (χ1) is 11.5. The molecule has 24 heavy (non-hydrogen) atoms. The zero-order chi connectivity index (χ0) is 17.6. The van der Waals surface area contributed by atoms with E-state index in [1.807, 2.05) is 0 Å². The highest BCUT2D eigenvalue weighted by Crippen LogP contribution is 2.35. The lowest BCUT2D eigenvalue weighted by Gasteiger charge is -2.27. The fourth-order valence-electron chi connectivity index (χ4n) is 3.11. The Morgan fingerprint density at radius 2 is 1.75 bits per heavy atom. The maximum absolute atomic E-state index is 5.27. The summed E-state index contributed by atoms with van der Waals surface area (Å²) >= 11 is 0. The van der Waals surface area contributed by atoms with Crippen LogP contribution in [0.4, 0.5) is 11.4 Å². The summed E-state index contributed by atoms with van der Waals surface area (Å²) < 4.78 is 10.5. The number of nitrogens with zero attached hydrogens (tertiary/aromatic N) is 3. The van der Waals surface area contributed by atoms with E-state index < -0.39 is 0 Å². The molecule has 1 aliphatic rings. The fraction of sp³-hybridized carbons (Fsp3) is 0.632. The average molecular weight is 333 g/mol. The third kappa shape index (κ3) is 4.48. The standard InChI is InChI=1S/C19H31N3O2/c1-19(2)10-11-21(3)18(19)20-16-8-6-7-9-17(16)22(12-14-23-4)13-15-24-5/h6-9H,10-15H2,1-5H3. The van der Waals surface area contributed by atoms with Gasteiger partial charge < -0.3 is 19.3 Å². The molecule has 1 fully saturated rings. The molecule has 0 amide bonds. The molecule has 1 aromatic carbocycles. The lowest BCUT2D eigenvalue weighted by Crippen LogP contribution is -2.31. The maximum Gasteiger partial charge on any atom is 0.110 e. The fourth-order valence-corrected chi connectivity index (χ4v) is 3.11. The number of methoxy groups -OCH3 is 2. The first kappa shape index (κ1) is 18.7. The summed E-state index contributed by atoms with van der Waals surface area (Å²) in [4.78, 5) is 9.60. The van der Waals surface area contributed by atoms with E-state index in [2.05, 4.69) is 55.0 Å². The van der Waals surface area contributed by atoms with Crippen LogP contribution in [0.15, 0.2) is 29.3 Å². The number of anilines is 1. The summed E-state index contributed by atoms with van der Waals surface area (Å²) in [5.74, 6) is 1.16. The van der Waals surface area contributed by atoms with Crippen molar-refractivity contribution in [2.75, 3.05) is 59.0 Å². The van der Waals surface area contributed by atoms with Crippen LogP contribution < -0.4 is 4.90 Å². The average Bonchev–Trinajstić information content (AvgIpc) is 2.83. The van der Waals surface area contributed by atoms with Crippen molar-refractivity contribution in [1.29, 1.82) is 0 Å². The topological polar surface area (TPSA) is 37.3 Å². The van der Waals surface area contributed by atoms with Crippen molar-refractivity contribution in [3.05, 3.63) is 24.3 Å². The maximum atomic E-state index is 5.27. The number of rotatable bonds is 8. The highest BCUT2D eigenvalue weighted by Gasteiger charge is 2.34. The van der Waals surface area contributed by atoms with Gasteiger partial charge in [0, 0.05) is 46.3 Å². The Hall–Kier alpha value is -1.59. The number of hydrogen-bond acceptors (Lipinski definition) is 4. The van der Waals surface area contributed by atoms with Crippen LogP contribution in [0.25, 0.3) is 0 Å². The van der Waals surface area contributed by atoms with Gasteiger partial charge in [-0.05, 0) is 18.6 Å². The monoisotopic (exact) mass is 333 g/mol. The summed E-state index contributed by atoms with van der Waals surface area (Å²) in [5, 5.41) is 0. The minimum Gasteiger partial charge on any atom is -0.383 e. The molecule has 1 aliphatic heterocycles. The van der Waals surface area contributed by atoms with E-state index in [0.717, 1.165) is 43.3 Å². The Morgan fingerprint density at radius 1 is 1.12 bits per heavy atom. The zero-order valence-corrected chi connectivity index (χ0v) is 15.7. The van der Waals surface area contributed by atoms with Crippen LogP contribution in [0.1, 0.15) is 20.3 Å². The number of likely N-dealkylation sites (tertiary alicyclic amines) is 1. The second-order valence-corrected chi connectivity index (χ2v) is 6.95. The molecule has 0 aliphatic carbocycles. The Kier molecular flexibility index (Phi) is 6.63. The largest absolute Gasteiger partial charge is 0.383 e. The van der Waals surface area contributed by atoms with E-state index in [-0.39, 0.29) is 5.41 Å². The van der Waals surface area contributed by atoms with Crippen LogP contribution in [0, 0.1) is 5.41 Å². The molecule has 2 rings (SSSR count). The van der Waals surface area contributed by atoms with E-state index in [0.29, 0.717) is 13.2 Å². The number of para-hydroxylation sites is 2. The second-order valence-electron chi connectivity index (χ2n) is 6.95. The van der Waals surface area contributed by atoms with Crippen molar-refractivity contribution < 1.29 is 9.47 Å². The van der Waals surface area contributed by atoms with Crippen LogP contribution in [-0.2, 0) is 9.47 Å². The molecule has 0 atom stereocenters. The van der Waals surface area contributed by atoms with Gasteiger partial charge in [-0.2, -0.15) is 0 Å². The summed E-state index contributed by atoms with van der Waals surface area (Å²) in [7, 11) is 5.59. The minimum absolute atomic E-state index is 0.117. The van der Waals surface area contributed by atoms with Gasteiger partial charge in [-0.25, -0.2) is 4.99 Å². The van der Waals surface area contributed by atoms with E-state index in [4.69, 9.17) is 14.5 Å². The number of benzene rings is 1. The van der Waals surface area contributed by atoms with E-state index in [1.54, 1.807) is 14.2 Å². The first-order valence-corrected chi connectivity index (χ1v) is 8.62. The number of aliphatic imine (C=N–C) groups is 1. The third-order valence-corrected chi connectivity index (χ3v) is 4.62. The predicted molar refractivity (Wildman–Crippen MR) is 101 cm³/mol. The summed E-state index contributed by atoms with van der Waals surface area (Å²) in [5.41, 5.74) is 2.27. The molecule has 0 spiro atoms. The molecule has 1 aromatic rings. The molecule has 1 saturated heterocycles. The van der Waals surface area contributed by atoms with E-state index >= 15 is 0 Å². The lowest BCUT2D eigenvalue weighted by molar-refractivity contribution is 0.190. The third-order valence-electron chi connectivity index (χ3n) is 4.62. The molecule has 1 heterocycles. The van der Waals surface area contributed by atoms with Crippen molar-refractivity contribution >= 4 is 17.2 Å². The Bertz CT molecular complexity index is 549. The van der Waals surface area contributed by atoms with Crippen LogP contribution >= 0.6 is 0 Å². The molecule has 0 unspecified atom stereocenters. The molecular weight excluding hydrogens is 302 g/mol. The SMILES string of the molecule is COCCN(CCOC)c1ccccc1N=C1N(C)CCC1(C)C. The van der Waals surface area contributed by atoms with Crippen LogP contribution in [0.3, 0.4) is 0 Å². The van der Waals surface area contributed by atoms with Crippen LogP contribution in [0.2, 0.25) is 0 Å². The number of ether oxygens (including phenoxy) is 2. The highest BCUT2D eigenvalue weighted by atomic mass is 16.5. The smallest absolute Gasteiger partial charge is 0.110 e. The van der Waals surface area contributed by atoms with Gasteiger partial charge in [-0.3, -0.25) is 0 Å². The van der Waals surface area contributed by atoms with Gasteiger partial charge in [0.2, 0.25) is 0 Å². The van der Waals surface area contributed by atoms with Gasteiger partial charge >= 0.3 is 0 Å². The molecular formula is C19H31N3O2. The molecule has 0 radical (unpaired) electrons.